The van der Waals surface area contributed by atoms with Crippen LogP contribution in [0.1, 0.15) is 74.1 Å². The minimum Gasteiger partial charge on any atom is -0.382 e. The van der Waals surface area contributed by atoms with E-state index in [1.165, 1.54) is 23.1 Å². The molecular formula is C24H31N7O. The number of nitrogen functional groups attached to an aromatic ring is 1. The Hall–Kier alpha value is -3.16. The van der Waals surface area contributed by atoms with Gasteiger partial charge in [-0.2, -0.15) is 5.10 Å². The van der Waals surface area contributed by atoms with E-state index in [-0.39, 0.29) is 11.9 Å². The van der Waals surface area contributed by atoms with Crippen LogP contribution in [0.2, 0.25) is 0 Å². The van der Waals surface area contributed by atoms with Crippen LogP contribution in [0.15, 0.2) is 24.5 Å². The second kappa shape index (κ2) is 8.41. The van der Waals surface area contributed by atoms with Crippen LogP contribution in [0.4, 0.5) is 11.5 Å². The van der Waals surface area contributed by atoms with Crippen molar-refractivity contribution in [2.24, 2.45) is 5.92 Å². The molecule has 32 heavy (non-hydrogen) atoms. The molecule has 0 radical (unpaired) electrons. The van der Waals surface area contributed by atoms with E-state index in [1.54, 1.807) is 6.92 Å². The monoisotopic (exact) mass is 433 g/mol. The Balaban J connectivity index is 1.43. The summed E-state index contributed by atoms with van der Waals surface area (Å²) in [7, 11) is 0. The topological polar surface area (TPSA) is 110 Å². The first-order chi connectivity index (χ1) is 15.5. The van der Waals surface area contributed by atoms with Gasteiger partial charge in [-0.1, -0.05) is 25.1 Å². The second-order valence-electron chi connectivity index (χ2n) is 9.12. The van der Waals surface area contributed by atoms with E-state index >= 15 is 0 Å². The Morgan fingerprint density at radius 1 is 1.28 bits per heavy atom. The number of para-hydroxylation sites is 1. The highest BCUT2D eigenvalue weighted by atomic mass is 16.1. The van der Waals surface area contributed by atoms with Gasteiger partial charge in [-0.15, -0.1) is 0 Å². The normalized spacial score (nSPS) is 22.5. The molecular weight excluding hydrogens is 402 g/mol. The molecule has 1 aliphatic carbocycles. The molecule has 1 fully saturated rings. The molecule has 0 saturated heterocycles. The average molecular weight is 434 g/mol. The highest BCUT2D eigenvalue weighted by molar-refractivity contribution is 5.73. The van der Waals surface area contributed by atoms with Gasteiger partial charge >= 0.3 is 0 Å². The van der Waals surface area contributed by atoms with E-state index in [9.17, 15) is 4.79 Å². The molecule has 8 nitrogen and oxygen atoms in total. The lowest BCUT2D eigenvalue weighted by Gasteiger charge is -2.27. The van der Waals surface area contributed by atoms with Crippen LogP contribution in [0.5, 0.6) is 0 Å². The zero-order chi connectivity index (χ0) is 22.2. The third-order valence-corrected chi connectivity index (χ3v) is 7.06. The van der Waals surface area contributed by atoms with Crippen LogP contribution in [0.3, 0.4) is 0 Å². The highest BCUT2D eigenvalue weighted by Gasteiger charge is 2.32. The van der Waals surface area contributed by atoms with Crippen LogP contribution in [0, 0.1) is 5.92 Å². The summed E-state index contributed by atoms with van der Waals surface area (Å²) in [6, 6.07) is 6.57. The van der Waals surface area contributed by atoms with Crippen molar-refractivity contribution in [1.82, 2.24) is 24.9 Å². The lowest BCUT2D eigenvalue weighted by Crippen LogP contribution is -2.29. The number of rotatable bonds is 5. The number of nitrogens with zero attached hydrogens (tertiary/aromatic N) is 4. The molecule has 1 atom stereocenters. The molecule has 168 valence electrons. The smallest absolute Gasteiger partial charge is 0.216 e. The van der Waals surface area contributed by atoms with E-state index in [4.69, 9.17) is 10.7 Å². The van der Waals surface area contributed by atoms with Crippen molar-refractivity contribution < 1.29 is 4.79 Å². The molecule has 1 amide bonds. The Morgan fingerprint density at radius 3 is 2.84 bits per heavy atom. The van der Waals surface area contributed by atoms with Crippen LogP contribution < -0.4 is 16.4 Å². The number of amides is 1. The molecule has 0 spiro atoms. The second-order valence-corrected chi connectivity index (χ2v) is 9.12. The van der Waals surface area contributed by atoms with E-state index < -0.39 is 0 Å². The minimum absolute atomic E-state index is 0.0412. The van der Waals surface area contributed by atoms with Crippen molar-refractivity contribution in [3.05, 3.63) is 47.2 Å². The first-order valence-electron chi connectivity index (χ1n) is 11.7. The maximum atomic E-state index is 11.2. The van der Waals surface area contributed by atoms with Crippen LogP contribution in [0.25, 0.3) is 5.52 Å². The van der Waals surface area contributed by atoms with E-state index in [0.29, 0.717) is 17.7 Å². The fourth-order valence-corrected chi connectivity index (χ4v) is 5.34. The van der Waals surface area contributed by atoms with Gasteiger partial charge in [-0.3, -0.25) is 4.79 Å². The average Bonchev–Trinajstić information content (AvgIpc) is 3.40. The van der Waals surface area contributed by atoms with Crippen molar-refractivity contribution in [2.75, 3.05) is 17.6 Å². The number of imidazole rings is 1. The fourth-order valence-electron chi connectivity index (χ4n) is 5.34. The van der Waals surface area contributed by atoms with Gasteiger partial charge in [0, 0.05) is 31.5 Å². The number of nitrogens with two attached hydrogens (primary N) is 1. The summed E-state index contributed by atoms with van der Waals surface area (Å²) in [6.07, 6.45) is 7.60. The van der Waals surface area contributed by atoms with Gasteiger partial charge < -0.3 is 16.4 Å². The van der Waals surface area contributed by atoms with E-state index in [2.05, 4.69) is 45.8 Å². The summed E-state index contributed by atoms with van der Waals surface area (Å²) in [6.45, 7) is 4.52. The van der Waals surface area contributed by atoms with Gasteiger partial charge in [0.05, 0.1) is 11.7 Å². The van der Waals surface area contributed by atoms with Crippen molar-refractivity contribution >= 4 is 22.9 Å². The van der Waals surface area contributed by atoms with Crippen LogP contribution in [-0.4, -0.2) is 32.0 Å². The van der Waals surface area contributed by atoms with Crippen molar-refractivity contribution in [1.29, 1.82) is 0 Å². The van der Waals surface area contributed by atoms with Crippen LogP contribution in [-0.2, 0) is 17.6 Å². The largest absolute Gasteiger partial charge is 0.382 e. The Labute approximate surface area is 188 Å². The maximum Gasteiger partial charge on any atom is 0.216 e. The van der Waals surface area contributed by atoms with Gasteiger partial charge in [0.1, 0.15) is 17.7 Å². The van der Waals surface area contributed by atoms with Crippen LogP contribution >= 0.6 is 0 Å². The first-order valence-corrected chi connectivity index (χ1v) is 11.7. The minimum atomic E-state index is 0.0412. The SMILES string of the molecule is CCc1cccc2c1NC(c1nc([C@H]3CC[C@H](CNC(C)=O)CC3)n3ncnc(N)c13)C2. The lowest BCUT2D eigenvalue weighted by molar-refractivity contribution is -0.119. The molecule has 3 aromatic rings. The summed E-state index contributed by atoms with van der Waals surface area (Å²) >= 11 is 0. The zero-order valence-corrected chi connectivity index (χ0v) is 18.8. The number of hydrogen-bond acceptors (Lipinski definition) is 6. The molecule has 8 heteroatoms. The number of aromatic nitrogens is 4. The Morgan fingerprint density at radius 2 is 2.09 bits per heavy atom. The number of nitrogens with one attached hydrogen (secondary N) is 2. The predicted octanol–water partition coefficient (Wildman–Crippen LogP) is 3.39. The molecule has 5 rings (SSSR count). The third-order valence-electron chi connectivity index (χ3n) is 7.06. The summed E-state index contributed by atoms with van der Waals surface area (Å²) in [5.74, 6) is 2.35. The summed E-state index contributed by atoms with van der Waals surface area (Å²) < 4.78 is 1.92. The molecule has 1 unspecified atom stereocenters. The van der Waals surface area contributed by atoms with Gasteiger partial charge in [-0.25, -0.2) is 14.5 Å². The fraction of sp³-hybridized carbons (Fsp3) is 0.500. The molecule has 2 aromatic heterocycles. The summed E-state index contributed by atoms with van der Waals surface area (Å²) in [4.78, 5) is 20.7. The predicted molar refractivity (Wildman–Crippen MR) is 124 cm³/mol. The first kappa shape index (κ1) is 20.7. The zero-order valence-electron chi connectivity index (χ0n) is 18.8. The number of anilines is 2. The maximum absolute atomic E-state index is 11.2. The summed E-state index contributed by atoms with van der Waals surface area (Å²) in [5, 5.41) is 11.2. The molecule has 1 aliphatic heterocycles. The molecule has 1 saturated carbocycles. The quantitative estimate of drug-likeness (QED) is 0.569. The number of carbonyl (C=O) groups excluding carboxylic acids is 1. The number of carbonyl (C=O) groups is 1. The Kier molecular flexibility index (Phi) is 5.45. The number of aryl methyl sites for hydroxylation is 1. The standard InChI is InChI=1S/C24H31N7O/c1-3-16-5-4-6-18-11-19(29-20(16)18)21-22-23(25)27-13-28-31(22)24(30-21)17-9-7-15(8-10-17)12-26-14(2)32/h4-6,13,15,17,19,29H,3,7-12H2,1-2H3,(H,26,32)(H2,25,27,28)/t15-,17-,19?. The van der Waals surface area contributed by atoms with Crippen molar-refractivity contribution in [3.8, 4) is 0 Å². The molecule has 1 aromatic carbocycles. The van der Waals surface area contributed by atoms with Gasteiger partial charge in [0.15, 0.2) is 5.82 Å². The van der Waals surface area contributed by atoms with Gasteiger partial charge in [-0.05, 0) is 49.1 Å². The summed E-state index contributed by atoms with van der Waals surface area (Å²) in [5.41, 5.74) is 12.0. The van der Waals surface area contributed by atoms with Gasteiger partial charge in [0.25, 0.3) is 0 Å². The van der Waals surface area contributed by atoms with Gasteiger partial charge in [0.2, 0.25) is 5.91 Å². The number of fused-ring (bicyclic) bond motifs is 2. The van der Waals surface area contributed by atoms with E-state index in [0.717, 1.165) is 62.1 Å². The molecule has 3 heterocycles. The number of benzene rings is 1. The number of hydrogen-bond donors (Lipinski definition) is 3. The van der Waals surface area contributed by atoms with Crippen molar-refractivity contribution in [2.45, 2.75) is 64.3 Å². The molecule has 0 bridgehead atoms. The highest BCUT2D eigenvalue weighted by Crippen LogP contribution is 2.41. The van der Waals surface area contributed by atoms with E-state index in [1.807, 2.05) is 4.52 Å². The lowest BCUT2D eigenvalue weighted by atomic mass is 9.81. The van der Waals surface area contributed by atoms with Crippen molar-refractivity contribution in [3.63, 3.8) is 0 Å². The molecule has 2 aliphatic rings. The Bertz CT molecular complexity index is 1150. The third kappa shape index (κ3) is 3.67. The molecule has 4 N–H and O–H groups in total.